The summed E-state index contributed by atoms with van der Waals surface area (Å²) >= 11 is 0. The van der Waals surface area contributed by atoms with E-state index in [9.17, 15) is 19.8 Å². The van der Waals surface area contributed by atoms with Crippen molar-refractivity contribution in [3.8, 4) is 11.8 Å². The van der Waals surface area contributed by atoms with E-state index in [-0.39, 0.29) is 84.2 Å². The maximum Gasteiger partial charge on any atom is 0.144 e. The molecule has 0 bridgehead atoms. The summed E-state index contributed by atoms with van der Waals surface area (Å²) in [5.74, 6) is 11.2. The highest BCUT2D eigenvalue weighted by atomic mass is 16.5. The van der Waals surface area contributed by atoms with E-state index in [2.05, 4.69) is 24.1 Å². The second-order valence-electron chi connectivity index (χ2n) is 19.5. The van der Waals surface area contributed by atoms with Crippen molar-refractivity contribution in [2.24, 2.45) is 76.7 Å². The maximum atomic E-state index is 14.4. The molecule has 1 aliphatic heterocycles. The van der Waals surface area contributed by atoms with Crippen LogP contribution < -0.4 is 11.1 Å². The quantitative estimate of drug-likeness (QED) is 0.124. The zero-order chi connectivity index (χ0) is 38.0. The smallest absolute Gasteiger partial charge is 0.144 e. The van der Waals surface area contributed by atoms with E-state index in [1.54, 1.807) is 7.11 Å². The number of methoxy groups -OCH3 is 1. The molecule has 0 aromatic heterocycles. The zero-order valence-electron chi connectivity index (χ0n) is 34.2. The Kier molecular flexibility index (Phi) is 16.4. The summed E-state index contributed by atoms with van der Waals surface area (Å²) in [6.07, 6.45) is 24.0. The molecule has 306 valence electrons. The van der Waals surface area contributed by atoms with Gasteiger partial charge in [-0.25, -0.2) is 0 Å². The lowest BCUT2D eigenvalue weighted by molar-refractivity contribution is -0.132. The molecule has 8 unspecified atom stereocenters. The van der Waals surface area contributed by atoms with Gasteiger partial charge < -0.3 is 26.0 Å². The van der Waals surface area contributed by atoms with Crippen LogP contribution in [0.2, 0.25) is 0 Å². The molecule has 1 heterocycles. The number of nitrogens with one attached hydrogen (secondary N) is 1. The fourth-order valence-electron chi connectivity index (χ4n) is 13.1. The Morgan fingerprint density at radius 1 is 0.852 bits per heavy atom. The molecule has 0 spiro atoms. The van der Waals surface area contributed by atoms with Gasteiger partial charge in [0.05, 0.1) is 24.8 Å². The van der Waals surface area contributed by atoms with Crippen molar-refractivity contribution in [2.45, 2.75) is 179 Å². The predicted molar refractivity (Wildman–Crippen MR) is 216 cm³/mol. The van der Waals surface area contributed by atoms with Gasteiger partial charge >= 0.3 is 0 Å². The first-order valence-electron chi connectivity index (χ1n) is 23.1. The molecule has 0 amide bonds. The van der Waals surface area contributed by atoms with E-state index >= 15 is 0 Å². The first kappa shape index (κ1) is 42.3. The van der Waals surface area contributed by atoms with Crippen LogP contribution >= 0.6 is 0 Å². The molecular formula is C47H78N2O5. The molecule has 54 heavy (non-hydrogen) atoms. The van der Waals surface area contributed by atoms with E-state index in [1.165, 1.54) is 64.2 Å². The van der Waals surface area contributed by atoms with Crippen LogP contribution in [0.3, 0.4) is 0 Å². The van der Waals surface area contributed by atoms with Gasteiger partial charge in [-0.15, -0.1) is 0 Å². The lowest BCUT2D eigenvalue weighted by atomic mass is 9.57. The number of aliphatic hydroxyl groups is 2. The lowest BCUT2D eigenvalue weighted by Crippen LogP contribution is -2.51. The molecule has 5 fully saturated rings. The molecule has 0 aromatic carbocycles. The Hall–Kier alpha value is -1.30. The molecule has 4 saturated carbocycles. The average Bonchev–Trinajstić information content (AvgIpc) is 3.36. The number of Topliss-reactive ketones (excluding diaryl/α,β-unsaturated/α-hetero) is 2. The van der Waals surface area contributed by atoms with Crippen molar-refractivity contribution in [3.05, 3.63) is 0 Å². The van der Waals surface area contributed by atoms with Crippen molar-refractivity contribution in [2.75, 3.05) is 20.3 Å². The average molecular weight is 751 g/mol. The number of fused-ring (bicyclic) bond motifs is 2. The third-order valence-corrected chi connectivity index (χ3v) is 16.0. The second-order valence-corrected chi connectivity index (χ2v) is 19.5. The Labute approximate surface area is 328 Å². The zero-order valence-corrected chi connectivity index (χ0v) is 34.2. The first-order valence-corrected chi connectivity index (χ1v) is 23.1. The summed E-state index contributed by atoms with van der Waals surface area (Å²) < 4.78 is 6.04. The van der Waals surface area contributed by atoms with Gasteiger partial charge in [0.1, 0.15) is 11.6 Å². The summed E-state index contributed by atoms with van der Waals surface area (Å²) in [7, 11) is 1.75. The van der Waals surface area contributed by atoms with E-state index in [0.29, 0.717) is 24.2 Å². The van der Waals surface area contributed by atoms with E-state index in [1.807, 2.05) is 0 Å². The maximum absolute atomic E-state index is 14.4. The number of hydrogen-bond donors (Lipinski definition) is 4. The number of ether oxygens (including phenoxy) is 1. The molecule has 0 radical (unpaired) electrons. The van der Waals surface area contributed by atoms with Crippen LogP contribution in [0.4, 0.5) is 0 Å². The fourth-order valence-corrected chi connectivity index (χ4v) is 13.1. The lowest BCUT2D eigenvalue weighted by Gasteiger charge is -2.49. The van der Waals surface area contributed by atoms with Crippen molar-refractivity contribution >= 4 is 11.6 Å². The summed E-state index contributed by atoms with van der Waals surface area (Å²) in [4.78, 5) is 28.3. The summed E-state index contributed by atoms with van der Waals surface area (Å²) in [6, 6.07) is 0. The molecule has 7 nitrogen and oxygen atoms in total. The van der Waals surface area contributed by atoms with Gasteiger partial charge in [-0.2, -0.15) is 0 Å². The monoisotopic (exact) mass is 751 g/mol. The van der Waals surface area contributed by atoms with Gasteiger partial charge in [0, 0.05) is 37.9 Å². The molecule has 1 saturated heterocycles. The van der Waals surface area contributed by atoms with Crippen molar-refractivity contribution in [1.29, 1.82) is 0 Å². The van der Waals surface area contributed by atoms with E-state index < -0.39 is 6.10 Å². The molecule has 13 atom stereocenters. The Morgan fingerprint density at radius 2 is 1.61 bits per heavy atom. The largest absolute Gasteiger partial charge is 0.396 e. The van der Waals surface area contributed by atoms with Gasteiger partial charge in [-0.3, -0.25) is 9.59 Å². The third-order valence-electron chi connectivity index (χ3n) is 16.0. The Morgan fingerprint density at radius 3 is 2.31 bits per heavy atom. The van der Waals surface area contributed by atoms with Gasteiger partial charge in [0.25, 0.3) is 0 Å². The van der Waals surface area contributed by atoms with Gasteiger partial charge in [0.15, 0.2) is 0 Å². The van der Waals surface area contributed by atoms with Crippen LogP contribution in [0.5, 0.6) is 0 Å². The first-order chi connectivity index (χ1) is 26.3. The third kappa shape index (κ3) is 11.0. The minimum atomic E-state index is -0.515. The highest BCUT2D eigenvalue weighted by molar-refractivity contribution is 6.00. The number of nitrogens with two attached hydrogens (primary N) is 1. The number of carbonyl (C=O) groups is 2. The van der Waals surface area contributed by atoms with Crippen LogP contribution in [0.1, 0.15) is 161 Å². The number of piperidine rings is 1. The Balaban J connectivity index is 1.39. The van der Waals surface area contributed by atoms with Gasteiger partial charge in [0.2, 0.25) is 0 Å². The molecule has 7 heteroatoms. The molecule has 5 N–H and O–H groups in total. The highest BCUT2D eigenvalue weighted by Gasteiger charge is 2.49. The minimum Gasteiger partial charge on any atom is -0.396 e. The summed E-state index contributed by atoms with van der Waals surface area (Å²) in [5, 5.41) is 26.3. The SMILES string of the molecule is CCC[C@H](CO)[C@@H]1C[C@H](CC2CCNC(N)C2)C[C@@H]2C#CC(C3CCCCC3)C3C(CCC(=O)CC(=O)[C@@H]2C1)CC(OC)C(O)C3CCC1CCCCC1. The minimum absolute atomic E-state index is 0.00578. The molecular weight excluding hydrogens is 673 g/mol. The normalized spacial score (nSPS) is 39.9. The van der Waals surface area contributed by atoms with Crippen LogP contribution in [-0.2, 0) is 14.3 Å². The topological polar surface area (TPSA) is 122 Å². The predicted octanol–water partition coefficient (Wildman–Crippen LogP) is 8.23. The number of carbonyl (C=O) groups excluding carboxylic acids is 2. The van der Waals surface area contributed by atoms with Gasteiger partial charge in [-0.05, 0) is 137 Å². The van der Waals surface area contributed by atoms with Crippen LogP contribution in [0.25, 0.3) is 0 Å². The number of aliphatic hydroxyl groups excluding tert-OH is 2. The van der Waals surface area contributed by atoms with Crippen molar-refractivity contribution < 1.29 is 24.5 Å². The standard InChI is InChI=1S/C47H78N2O5/c1-3-10-37(30-50)38-25-33(23-32-21-22-49-45(48)26-32)24-35-17-20-40(34-13-8-5-9-14-34)46-36(16-18-39(51)29-43(52)42(35)27-38)28-44(54-2)47(53)41(46)19-15-31-11-6-4-7-12-31/h31-38,40-42,44-47,49-50,53H,3-16,18-19,21-30,48H2,1-2H3/t32?,33-,35+,36?,37-,38-,40?,41?,42-,44?,45?,46?,47?/m1/s1. The van der Waals surface area contributed by atoms with E-state index in [4.69, 9.17) is 10.5 Å². The number of ketones is 2. The van der Waals surface area contributed by atoms with Crippen LogP contribution in [-0.4, -0.2) is 60.4 Å². The number of rotatable bonds is 11. The molecule has 6 aliphatic rings. The Bertz CT molecular complexity index is 1230. The summed E-state index contributed by atoms with van der Waals surface area (Å²) in [5.41, 5.74) is 6.41. The molecule has 5 aliphatic carbocycles. The van der Waals surface area contributed by atoms with Crippen molar-refractivity contribution in [3.63, 3.8) is 0 Å². The fraction of sp³-hybridized carbons (Fsp3) is 0.915. The van der Waals surface area contributed by atoms with Crippen LogP contribution in [0, 0.1) is 82.9 Å². The van der Waals surface area contributed by atoms with E-state index in [0.717, 1.165) is 89.5 Å². The second kappa shape index (κ2) is 20.9. The number of hydrogen-bond acceptors (Lipinski definition) is 7. The van der Waals surface area contributed by atoms with Crippen LogP contribution in [0.15, 0.2) is 0 Å². The van der Waals surface area contributed by atoms with Crippen molar-refractivity contribution in [1.82, 2.24) is 5.32 Å². The highest BCUT2D eigenvalue weighted by Crippen LogP contribution is 2.51. The van der Waals surface area contributed by atoms with Gasteiger partial charge in [-0.1, -0.05) is 83.0 Å². The summed E-state index contributed by atoms with van der Waals surface area (Å²) in [6.45, 7) is 3.30. The molecule has 0 aromatic rings. The molecule has 6 rings (SSSR count).